The zero-order chi connectivity index (χ0) is 7.28. The Balaban J connectivity index is 3.50. The molecule has 2 heteroatoms. The number of hydrogen-bond acceptors (Lipinski definition) is 2. The predicted octanol–water partition coefficient (Wildman–Crippen LogP) is 0.613. The normalized spacial score (nSPS) is 17.3. The summed E-state index contributed by atoms with van der Waals surface area (Å²) in [5.74, 6) is 0.375. The molecule has 2 N–H and O–H groups in total. The molecule has 0 rings (SSSR count). The van der Waals surface area contributed by atoms with Crippen LogP contribution in [0.5, 0.6) is 0 Å². The molecule has 0 amide bonds. The summed E-state index contributed by atoms with van der Waals surface area (Å²) in [5, 5.41) is 11.9. The minimum atomic E-state index is 0.277. The molecule has 2 unspecified atom stereocenters. The summed E-state index contributed by atoms with van der Waals surface area (Å²) in [6, 6.07) is 0.468. The van der Waals surface area contributed by atoms with Gasteiger partial charge in [0, 0.05) is 12.6 Å². The molecule has 2 atom stereocenters. The van der Waals surface area contributed by atoms with Gasteiger partial charge in [-0.3, -0.25) is 0 Å². The van der Waals surface area contributed by atoms with Gasteiger partial charge in [0.25, 0.3) is 0 Å². The van der Waals surface area contributed by atoms with Gasteiger partial charge in [-0.25, -0.2) is 0 Å². The summed E-state index contributed by atoms with van der Waals surface area (Å²) in [7, 11) is 1.93. The van der Waals surface area contributed by atoms with Crippen molar-refractivity contribution in [1.82, 2.24) is 5.32 Å². The fraction of sp³-hybridized carbons (Fsp3) is 1.00. The Labute approximate surface area is 57.3 Å². The van der Waals surface area contributed by atoms with E-state index in [0.29, 0.717) is 12.0 Å². The van der Waals surface area contributed by atoms with Crippen molar-refractivity contribution in [3.63, 3.8) is 0 Å². The van der Waals surface area contributed by atoms with E-state index in [-0.39, 0.29) is 6.61 Å². The number of hydrogen-bond donors (Lipinski definition) is 2. The third-order valence-electron chi connectivity index (χ3n) is 1.79. The maximum atomic E-state index is 8.73. The molecule has 0 aliphatic rings. The van der Waals surface area contributed by atoms with E-state index in [4.69, 9.17) is 5.11 Å². The van der Waals surface area contributed by atoms with Crippen LogP contribution < -0.4 is 5.32 Å². The second-order valence-corrected chi connectivity index (χ2v) is 2.46. The average molecular weight is 131 g/mol. The van der Waals surface area contributed by atoms with Gasteiger partial charge in [-0.15, -0.1) is 0 Å². The van der Waals surface area contributed by atoms with Crippen molar-refractivity contribution >= 4 is 0 Å². The summed E-state index contributed by atoms with van der Waals surface area (Å²) in [4.78, 5) is 0. The Morgan fingerprint density at radius 2 is 2.11 bits per heavy atom. The molecule has 0 aromatic heterocycles. The van der Waals surface area contributed by atoms with Crippen LogP contribution in [0, 0.1) is 5.92 Å². The van der Waals surface area contributed by atoms with Gasteiger partial charge in [0.15, 0.2) is 0 Å². The van der Waals surface area contributed by atoms with Gasteiger partial charge in [0.2, 0.25) is 0 Å². The number of nitrogens with one attached hydrogen (secondary N) is 1. The Morgan fingerprint density at radius 3 is 2.22 bits per heavy atom. The average Bonchev–Trinajstić information content (AvgIpc) is 1.90. The second-order valence-electron chi connectivity index (χ2n) is 2.46. The molecule has 9 heavy (non-hydrogen) atoms. The molecular weight excluding hydrogens is 114 g/mol. The first-order chi connectivity index (χ1) is 4.26. The molecule has 56 valence electrons. The fourth-order valence-electron chi connectivity index (χ4n) is 1.02. The van der Waals surface area contributed by atoms with E-state index < -0.39 is 0 Å². The van der Waals surface area contributed by atoms with E-state index in [9.17, 15) is 0 Å². The highest BCUT2D eigenvalue weighted by Gasteiger charge is 2.10. The third-order valence-corrected chi connectivity index (χ3v) is 1.79. The minimum Gasteiger partial charge on any atom is -0.396 e. The van der Waals surface area contributed by atoms with Gasteiger partial charge in [-0.2, -0.15) is 0 Å². The lowest BCUT2D eigenvalue weighted by Gasteiger charge is -2.19. The lowest BCUT2D eigenvalue weighted by atomic mass is 10.0. The van der Waals surface area contributed by atoms with E-state index in [2.05, 4.69) is 12.2 Å². The topological polar surface area (TPSA) is 32.3 Å². The van der Waals surface area contributed by atoms with Gasteiger partial charge in [-0.05, 0) is 19.4 Å². The zero-order valence-corrected chi connectivity index (χ0v) is 6.52. The monoisotopic (exact) mass is 131 g/mol. The van der Waals surface area contributed by atoms with Crippen LogP contribution in [0.3, 0.4) is 0 Å². The van der Waals surface area contributed by atoms with Crippen LogP contribution in [0.2, 0.25) is 0 Å². The standard InChI is InChI=1S/C7H17NO/c1-4-7(8-3)6(2)5-9/h6-9H,4-5H2,1-3H3. The van der Waals surface area contributed by atoms with E-state index in [0.717, 1.165) is 6.42 Å². The number of rotatable bonds is 4. The molecule has 2 nitrogen and oxygen atoms in total. The third kappa shape index (κ3) is 2.82. The molecule has 0 saturated heterocycles. The van der Waals surface area contributed by atoms with Gasteiger partial charge in [0.1, 0.15) is 0 Å². The number of aliphatic hydroxyl groups is 1. The highest BCUT2D eigenvalue weighted by Crippen LogP contribution is 2.03. The van der Waals surface area contributed by atoms with E-state index >= 15 is 0 Å². The van der Waals surface area contributed by atoms with Crippen LogP contribution in [0.15, 0.2) is 0 Å². The largest absolute Gasteiger partial charge is 0.396 e. The summed E-state index contributed by atoms with van der Waals surface area (Å²) in [5.41, 5.74) is 0. The van der Waals surface area contributed by atoms with Gasteiger partial charge < -0.3 is 10.4 Å². The van der Waals surface area contributed by atoms with Crippen molar-refractivity contribution in [3.8, 4) is 0 Å². The fourth-order valence-corrected chi connectivity index (χ4v) is 1.02. The summed E-state index contributed by atoms with van der Waals surface area (Å²) < 4.78 is 0. The Bertz CT molecular complexity index is 61.9. The minimum absolute atomic E-state index is 0.277. The van der Waals surface area contributed by atoms with E-state index in [1.165, 1.54) is 0 Å². The van der Waals surface area contributed by atoms with Crippen LogP contribution in [0.1, 0.15) is 20.3 Å². The SMILES string of the molecule is CCC(NC)C(C)CO. The summed E-state index contributed by atoms with van der Waals surface area (Å²) >= 11 is 0. The van der Waals surface area contributed by atoms with Crippen molar-refractivity contribution in [2.75, 3.05) is 13.7 Å². The van der Waals surface area contributed by atoms with Crippen LogP contribution in [0.4, 0.5) is 0 Å². The summed E-state index contributed by atoms with van der Waals surface area (Å²) in [6.45, 7) is 4.44. The molecule has 0 fully saturated rings. The second kappa shape index (κ2) is 4.77. The van der Waals surface area contributed by atoms with Gasteiger partial charge in [0.05, 0.1) is 0 Å². The molecule has 0 radical (unpaired) electrons. The molecule has 0 heterocycles. The van der Waals surface area contributed by atoms with E-state index in [1.54, 1.807) is 0 Å². The molecule has 0 saturated carbocycles. The zero-order valence-electron chi connectivity index (χ0n) is 6.52. The van der Waals surface area contributed by atoms with Crippen molar-refractivity contribution < 1.29 is 5.11 Å². The van der Waals surface area contributed by atoms with Crippen molar-refractivity contribution in [1.29, 1.82) is 0 Å². The molecule has 0 aromatic carbocycles. The Morgan fingerprint density at radius 1 is 1.56 bits per heavy atom. The first-order valence-corrected chi connectivity index (χ1v) is 3.54. The molecule has 0 bridgehead atoms. The first-order valence-electron chi connectivity index (χ1n) is 3.54. The lowest BCUT2D eigenvalue weighted by molar-refractivity contribution is 0.203. The smallest absolute Gasteiger partial charge is 0.0471 e. The molecule has 0 aliphatic carbocycles. The maximum Gasteiger partial charge on any atom is 0.0471 e. The molecule has 0 spiro atoms. The van der Waals surface area contributed by atoms with Crippen LogP contribution in [0.25, 0.3) is 0 Å². The van der Waals surface area contributed by atoms with Gasteiger partial charge >= 0.3 is 0 Å². The highest BCUT2D eigenvalue weighted by atomic mass is 16.3. The molecular formula is C7H17NO. The van der Waals surface area contributed by atoms with E-state index in [1.807, 2.05) is 14.0 Å². The van der Waals surface area contributed by atoms with Crippen molar-refractivity contribution in [3.05, 3.63) is 0 Å². The first kappa shape index (κ1) is 8.92. The highest BCUT2D eigenvalue weighted by molar-refractivity contribution is 4.68. The lowest BCUT2D eigenvalue weighted by Crippen LogP contribution is -2.33. The van der Waals surface area contributed by atoms with Crippen LogP contribution in [-0.2, 0) is 0 Å². The quantitative estimate of drug-likeness (QED) is 0.586. The van der Waals surface area contributed by atoms with Crippen molar-refractivity contribution in [2.45, 2.75) is 26.3 Å². The predicted molar refractivity (Wildman–Crippen MR) is 39.4 cm³/mol. The molecule has 0 aliphatic heterocycles. The Kier molecular flexibility index (Phi) is 4.72. The van der Waals surface area contributed by atoms with Gasteiger partial charge in [-0.1, -0.05) is 13.8 Å². The van der Waals surface area contributed by atoms with Crippen LogP contribution >= 0.6 is 0 Å². The Hall–Kier alpha value is -0.0800. The van der Waals surface area contributed by atoms with Crippen LogP contribution in [-0.4, -0.2) is 24.8 Å². The maximum absolute atomic E-state index is 8.73. The number of aliphatic hydroxyl groups excluding tert-OH is 1. The van der Waals surface area contributed by atoms with Crippen molar-refractivity contribution in [2.24, 2.45) is 5.92 Å². The summed E-state index contributed by atoms with van der Waals surface area (Å²) in [6.07, 6.45) is 1.08. The molecule has 0 aromatic rings.